The third kappa shape index (κ3) is 2.31. The van der Waals surface area contributed by atoms with E-state index in [1.807, 2.05) is 12.1 Å². The molecule has 0 saturated heterocycles. The predicted octanol–water partition coefficient (Wildman–Crippen LogP) is 3.34. The van der Waals surface area contributed by atoms with Gasteiger partial charge >= 0.3 is 0 Å². The second-order valence-electron chi connectivity index (χ2n) is 6.74. The molecule has 0 aromatic heterocycles. The smallest absolute Gasteiger partial charge is 0.160 e. The molecule has 0 radical (unpaired) electrons. The Morgan fingerprint density at radius 1 is 1.09 bits per heavy atom. The third-order valence-corrected chi connectivity index (χ3v) is 5.56. The highest BCUT2D eigenvalue weighted by molar-refractivity contribution is 5.53. The van der Waals surface area contributed by atoms with Crippen LogP contribution in [0.5, 0.6) is 11.5 Å². The van der Waals surface area contributed by atoms with Crippen molar-refractivity contribution in [3.8, 4) is 11.5 Å². The van der Waals surface area contributed by atoms with Gasteiger partial charge in [0.1, 0.15) is 0 Å². The second-order valence-corrected chi connectivity index (χ2v) is 6.74. The Kier molecular flexibility index (Phi) is 3.53. The van der Waals surface area contributed by atoms with Crippen molar-refractivity contribution in [2.24, 2.45) is 0 Å². The van der Waals surface area contributed by atoms with Crippen molar-refractivity contribution in [2.45, 2.75) is 31.2 Å². The molecule has 120 valence electrons. The van der Waals surface area contributed by atoms with Crippen LogP contribution in [-0.2, 0) is 12.8 Å². The molecule has 2 aliphatic rings. The number of rotatable bonds is 1. The summed E-state index contributed by atoms with van der Waals surface area (Å²) >= 11 is 0. The van der Waals surface area contributed by atoms with E-state index in [0.29, 0.717) is 17.7 Å². The first kappa shape index (κ1) is 14.6. The van der Waals surface area contributed by atoms with Crippen LogP contribution in [0.1, 0.15) is 34.6 Å². The molecule has 0 spiro atoms. The van der Waals surface area contributed by atoms with Crippen molar-refractivity contribution in [3.63, 3.8) is 0 Å². The minimum atomic E-state index is 0.247. The number of phenolic OH excluding ortho intramolecular Hbond substituents is 1. The van der Waals surface area contributed by atoms with Crippen molar-refractivity contribution in [1.82, 2.24) is 4.90 Å². The monoisotopic (exact) mass is 309 g/mol. The van der Waals surface area contributed by atoms with Crippen molar-refractivity contribution in [1.29, 1.82) is 0 Å². The molecule has 1 aliphatic carbocycles. The van der Waals surface area contributed by atoms with E-state index in [1.54, 1.807) is 7.11 Å². The number of methoxy groups -OCH3 is 1. The summed E-state index contributed by atoms with van der Waals surface area (Å²) in [6.45, 7) is 1.09. The SMILES string of the molecule is COc1cc2c(cc1O)[C@H]1c3ccccc3CCN(C)[C@@H]1CC2. The van der Waals surface area contributed by atoms with Crippen LogP contribution in [0.4, 0.5) is 0 Å². The molecule has 0 unspecified atom stereocenters. The lowest BCUT2D eigenvalue weighted by Crippen LogP contribution is -2.39. The number of fused-ring (bicyclic) bond motifs is 5. The number of benzene rings is 2. The van der Waals surface area contributed by atoms with Gasteiger partial charge in [-0.05, 0) is 60.7 Å². The lowest BCUT2D eigenvalue weighted by atomic mass is 9.74. The van der Waals surface area contributed by atoms with Crippen LogP contribution in [-0.4, -0.2) is 36.8 Å². The second kappa shape index (κ2) is 5.57. The summed E-state index contributed by atoms with van der Waals surface area (Å²) in [7, 11) is 3.85. The van der Waals surface area contributed by atoms with Crippen molar-refractivity contribution in [2.75, 3.05) is 20.7 Å². The highest BCUT2D eigenvalue weighted by Gasteiger charge is 2.36. The Morgan fingerprint density at radius 3 is 2.74 bits per heavy atom. The summed E-state index contributed by atoms with van der Waals surface area (Å²) in [5, 5.41) is 10.3. The maximum absolute atomic E-state index is 10.3. The molecule has 0 fully saturated rings. The maximum Gasteiger partial charge on any atom is 0.160 e. The van der Waals surface area contributed by atoms with Crippen LogP contribution in [0, 0.1) is 0 Å². The molecule has 4 rings (SSSR count). The number of hydrogen-bond donors (Lipinski definition) is 1. The number of aryl methyl sites for hydroxylation is 1. The van der Waals surface area contributed by atoms with Gasteiger partial charge in [0, 0.05) is 18.5 Å². The van der Waals surface area contributed by atoms with E-state index in [9.17, 15) is 5.11 Å². The first-order chi connectivity index (χ1) is 11.2. The van der Waals surface area contributed by atoms with Crippen LogP contribution in [0.25, 0.3) is 0 Å². The number of likely N-dealkylation sites (N-methyl/N-ethyl adjacent to an activating group) is 1. The molecular weight excluding hydrogens is 286 g/mol. The largest absolute Gasteiger partial charge is 0.504 e. The summed E-state index contributed by atoms with van der Waals surface area (Å²) in [4.78, 5) is 2.49. The summed E-state index contributed by atoms with van der Waals surface area (Å²) in [5.74, 6) is 1.16. The molecular formula is C20H23NO2. The Hall–Kier alpha value is -2.00. The number of phenols is 1. The lowest BCUT2D eigenvalue weighted by Gasteiger charge is -2.38. The van der Waals surface area contributed by atoms with E-state index in [1.165, 1.54) is 22.3 Å². The maximum atomic E-state index is 10.3. The van der Waals surface area contributed by atoms with Crippen molar-refractivity contribution in [3.05, 3.63) is 58.7 Å². The van der Waals surface area contributed by atoms with Gasteiger partial charge in [-0.15, -0.1) is 0 Å². The van der Waals surface area contributed by atoms with E-state index in [2.05, 4.69) is 36.2 Å². The van der Waals surface area contributed by atoms with E-state index in [0.717, 1.165) is 25.8 Å². The Balaban J connectivity index is 1.91. The van der Waals surface area contributed by atoms with Crippen LogP contribution in [0.3, 0.4) is 0 Å². The molecule has 0 bridgehead atoms. The standard InChI is InChI=1S/C20H23NO2/c1-21-10-9-13-5-3-4-6-15(13)20-16-12-18(22)19(23-2)11-14(16)7-8-17(20)21/h3-6,11-12,17,20,22H,7-10H2,1-2H3/t17-,20-/m1/s1. The molecule has 0 amide bonds. The minimum absolute atomic E-state index is 0.247. The Labute approximate surface area is 137 Å². The van der Waals surface area contributed by atoms with Crippen LogP contribution in [0.15, 0.2) is 36.4 Å². The van der Waals surface area contributed by atoms with Gasteiger partial charge < -0.3 is 14.7 Å². The first-order valence-corrected chi connectivity index (χ1v) is 8.37. The number of ether oxygens (including phenoxy) is 1. The fraction of sp³-hybridized carbons (Fsp3) is 0.400. The van der Waals surface area contributed by atoms with Gasteiger partial charge in [-0.2, -0.15) is 0 Å². The zero-order chi connectivity index (χ0) is 16.0. The number of nitrogens with zero attached hydrogens (tertiary/aromatic N) is 1. The zero-order valence-electron chi connectivity index (χ0n) is 13.7. The molecule has 3 heteroatoms. The fourth-order valence-corrected chi connectivity index (χ4v) is 4.35. The van der Waals surface area contributed by atoms with Gasteiger partial charge in [-0.25, -0.2) is 0 Å². The molecule has 2 aromatic carbocycles. The van der Waals surface area contributed by atoms with Gasteiger partial charge in [0.15, 0.2) is 11.5 Å². The van der Waals surface area contributed by atoms with Gasteiger partial charge in [-0.3, -0.25) is 0 Å². The van der Waals surface area contributed by atoms with Gasteiger partial charge in [0.05, 0.1) is 7.11 Å². The lowest BCUT2D eigenvalue weighted by molar-refractivity contribution is 0.213. The quantitative estimate of drug-likeness (QED) is 0.877. The normalized spacial score (nSPS) is 23.4. The topological polar surface area (TPSA) is 32.7 Å². The molecule has 1 aliphatic heterocycles. The average Bonchev–Trinajstić information content (AvgIpc) is 2.72. The third-order valence-electron chi connectivity index (χ3n) is 5.56. The van der Waals surface area contributed by atoms with E-state index in [-0.39, 0.29) is 5.75 Å². The van der Waals surface area contributed by atoms with E-state index >= 15 is 0 Å². The highest BCUT2D eigenvalue weighted by Crippen LogP contribution is 2.45. The van der Waals surface area contributed by atoms with Gasteiger partial charge in [0.2, 0.25) is 0 Å². The summed E-state index contributed by atoms with van der Waals surface area (Å²) in [6, 6.07) is 13.2. The van der Waals surface area contributed by atoms with Crippen LogP contribution >= 0.6 is 0 Å². The minimum Gasteiger partial charge on any atom is -0.504 e. The molecule has 2 atom stereocenters. The number of hydrogen-bond acceptors (Lipinski definition) is 3. The van der Waals surface area contributed by atoms with Crippen molar-refractivity contribution < 1.29 is 9.84 Å². The fourth-order valence-electron chi connectivity index (χ4n) is 4.35. The Morgan fingerprint density at radius 2 is 1.91 bits per heavy atom. The molecule has 0 saturated carbocycles. The van der Waals surface area contributed by atoms with Gasteiger partial charge in [-0.1, -0.05) is 24.3 Å². The summed E-state index contributed by atoms with van der Waals surface area (Å²) < 4.78 is 5.30. The van der Waals surface area contributed by atoms with Crippen molar-refractivity contribution >= 4 is 0 Å². The average molecular weight is 309 g/mol. The molecule has 1 heterocycles. The van der Waals surface area contributed by atoms with Gasteiger partial charge in [0.25, 0.3) is 0 Å². The highest BCUT2D eigenvalue weighted by atomic mass is 16.5. The molecule has 1 N–H and O–H groups in total. The number of aromatic hydroxyl groups is 1. The van der Waals surface area contributed by atoms with Crippen LogP contribution < -0.4 is 4.74 Å². The predicted molar refractivity (Wildman–Crippen MR) is 91.4 cm³/mol. The Bertz CT molecular complexity index is 740. The zero-order valence-corrected chi connectivity index (χ0v) is 13.7. The first-order valence-electron chi connectivity index (χ1n) is 8.37. The molecule has 2 aromatic rings. The van der Waals surface area contributed by atoms with E-state index in [4.69, 9.17) is 4.74 Å². The molecule has 3 nitrogen and oxygen atoms in total. The molecule has 23 heavy (non-hydrogen) atoms. The van der Waals surface area contributed by atoms with Crippen LogP contribution in [0.2, 0.25) is 0 Å². The summed E-state index contributed by atoms with van der Waals surface area (Å²) in [6.07, 6.45) is 3.28. The summed E-state index contributed by atoms with van der Waals surface area (Å²) in [5.41, 5.74) is 5.44. The van der Waals surface area contributed by atoms with E-state index < -0.39 is 0 Å².